The smallest absolute Gasteiger partial charge is 0.164 e. The first-order valence-electron chi connectivity index (χ1n) is 17.0. The molecule has 0 spiro atoms. The van der Waals surface area contributed by atoms with Crippen molar-refractivity contribution in [2.75, 3.05) is 0 Å². The number of furan rings is 1. The second-order valence-corrected chi connectivity index (χ2v) is 12.7. The van der Waals surface area contributed by atoms with Gasteiger partial charge in [0.15, 0.2) is 17.5 Å². The molecule has 0 amide bonds. The minimum absolute atomic E-state index is 0.598. The van der Waals surface area contributed by atoms with Crippen LogP contribution in [-0.4, -0.2) is 19.5 Å². The van der Waals surface area contributed by atoms with Crippen LogP contribution in [-0.2, 0) is 0 Å². The third-order valence-corrected chi connectivity index (χ3v) is 9.68. The monoisotopic (exact) mass is 642 g/mol. The standard InChI is InChI=1S/C45H30N4O/c1-3-14-29(15-4-1)31-18-11-19-32(28-31)44-46-43(30-16-5-2-6-17-30)47-45(48-44)35-22-12-26-39-41(35)42-38(25-13-27-40(42)50-39)49-36-23-9-7-20-33(36)34-21-8-10-24-37(34)49/h2-3,5-28H,1,4H2. The summed E-state index contributed by atoms with van der Waals surface area (Å²) < 4.78 is 8.95. The molecule has 1 aliphatic carbocycles. The quantitative estimate of drug-likeness (QED) is 0.187. The van der Waals surface area contributed by atoms with E-state index < -0.39 is 0 Å². The molecular weight excluding hydrogens is 613 g/mol. The number of hydrogen-bond acceptors (Lipinski definition) is 4. The van der Waals surface area contributed by atoms with Crippen LogP contribution >= 0.6 is 0 Å². The Morgan fingerprint density at radius 1 is 0.500 bits per heavy atom. The lowest BCUT2D eigenvalue weighted by Gasteiger charge is -2.12. The maximum absolute atomic E-state index is 6.59. The zero-order chi connectivity index (χ0) is 33.0. The molecule has 10 rings (SSSR count). The van der Waals surface area contributed by atoms with Crippen molar-refractivity contribution in [3.05, 3.63) is 163 Å². The molecule has 1 aliphatic rings. The van der Waals surface area contributed by atoms with Gasteiger partial charge in [0, 0.05) is 32.8 Å². The number of para-hydroxylation sites is 2. The highest BCUT2D eigenvalue weighted by Crippen LogP contribution is 2.42. The molecule has 3 heterocycles. The van der Waals surface area contributed by atoms with Crippen LogP contribution < -0.4 is 0 Å². The molecule has 0 saturated carbocycles. The highest BCUT2D eigenvalue weighted by molar-refractivity contribution is 6.17. The van der Waals surface area contributed by atoms with Gasteiger partial charge in [0.05, 0.1) is 22.1 Å². The van der Waals surface area contributed by atoms with Crippen molar-refractivity contribution in [1.29, 1.82) is 0 Å². The van der Waals surface area contributed by atoms with Gasteiger partial charge >= 0.3 is 0 Å². The normalized spacial score (nSPS) is 13.1. The van der Waals surface area contributed by atoms with Gasteiger partial charge in [0.2, 0.25) is 0 Å². The van der Waals surface area contributed by atoms with Crippen molar-refractivity contribution in [2.24, 2.45) is 0 Å². The molecule has 236 valence electrons. The average molecular weight is 643 g/mol. The van der Waals surface area contributed by atoms with Crippen molar-refractivity contribution in [3.63, 3.8) is 0 Å². The molecule has 0 saturated heterocycles. The Morgan fingerprint density at radius 2 is 1.12 bits per heavy atom. The Kier molecular flexibility index (Phi) is 6.56. The van der Waals surface area contributed by atoms with E-state index in [1.165, 1.54) is 16.3 Å². The molecule has 0 radical (unpaired) electrons. The van der Waals surface area contributed by atoms with Gasteiger partial charge < -0.3 is 8.98 Å². The topological polar surface area (TPSA) is 56.7 Å². The maximum atomic E-state index is 6.59. The van der Waals surface area contributed by atoms with Crippen molar-refractivity contribution < 1.29 is 4.42 Å². The summed E-state index contributed by atoms with van der Waals surface area (Å²) in [6, 6.07) is 48.3. The predicted molar refractivity (Wildman–Crippen MR) is 204 cm³/mol. The van der Waals surface area contributed by atoms with Gasteiger partial charge in [-0.05, 0) is 60.4 Å². The molecule has 9 aromatic rings. The van der Waals surface area contributed by atoms with Crippen LogP contribution in [0.15, 0.2) is 162 Å². The number of nitrogens with zero attached hydrogens (tertiary/aromatic N) is 4. The molecule has 0 aliphatic heterocycles. The van der Waals surface area contributed by atoms with Crippen molar-refractivity contribution in [1.82, 2.24) is 19.5 Å². The zero-order valence-electron chi connectivity index (χ0n) is 27.1. The Balaban J connectivity index is 1.24. The molecule has 0 fully saturated rings. The average Bonchev–Trinajstić information content (AvgIpc) is 3.75. The number of rotatable bonds is 5. The van der Waals surface area contributed by atoms with Crippen molar-refractivity contribution >= 4 is 49.3 Å². The minimum atomic E-state index is 0.598. The van der Waals surface area contributed by atoms with Gasteiger partial charge in [-0.3, -0.25) is 0 Å². The minimum Gasteiger partial charge on any atom is -0.456 e. The Labute approximate surface area is 288 Å². The first-order valence-corrected chi connectivity index (χ1v) is 17.0. The van der Waals surface area contributed by atoms with E-state index in [2.05, 4.69) is 114 Å². The molecule has 0 atom stereocenters. The number of hydrogen-bond donors (Lipinski definition) is 0. The summed E-state index contributed by atoms with van der Waals surface area (Å²) in [6.07, 6.45) is 8.86. The number of fused-ring (bicyclic) bond motifs is 6. The molecule has 5 heteroatoms. The lowest BCUT2D eigenvalue weighted by Crippen LogP contribution is -2.01. The molecular formula is C45H30N4O. The van der Waals surface area contributed by atoms with E-state index in [-0.39, 0.29) is 0 Å². The van der Waals surface area contributed by atoms with Gasteiger partial charge in [-0.2, -0.15) is 0 Å². The van der Waals surface area contributed by atoms with E-state index in [1.807, 2.05) is 48.5 Å². The number of benzene rings is 6. The molecule has 0 bridgehead atoms. The van der Waals surface area contributed by atoms with E-state index in [1.54, 1.807) is 0 Å². The highest BCUT2D eigenvalue weighted by atomic mass is 16.3. The summed E-state index contributed by atoms with van der Waals surface area (Å²) in [4.78, 5) is 15.4. The molecule has 3 aromatic heterocycles. The fraction of sp³-hybridized carbons (Fsp3) is 0.0444. The number of aromatic nitrogens is 4. The third-order valence-electron chi connectivity index (χ3n) is 9.68. The second kappa shape index (κ2) is 11.5. The summed E-state index contributed by atoms with van der Waals surface area (Å²) >= 11 is 0. The van der Waals surface area contributed by atoms with E-state index in [9.17, 15) is 0 Å². The van der Waals surface area contributed by atoms with Crippen LogP contribution in [0.2, 0.25) is 0 Å². The summed E-state index contributed by atoms with van der Waals surface area (Å²) in [5, 5.41) is 4.42. The lowest BCUT2D eigenvalue weighted by molar-refractivity contribution is 0.669. The van der Waals surface area contributed by atoms with E-state index >= 15 is 0 Å². The van der Waals surface area contributed by atoms with Gasteiger partial charge in [-0.25, -0.2) is 15.0 Å². The van der Waals surface area contributed by atoms with Crippen LogP contribution in [0.3, 0.4) is 0 Å². The second-order valence-electron chi connectivity index (χ2n) is 12.7. The van der Waals surface area contributed by atoms with Crippen LogP contribution in [0.1, 0.15) is 18.4 Å². The summed E-state index contributed by atoms with van der Waals surface area (Å²) in [5.74, 6) is 1.85. The fourth-order valence-corrected chi connectivity index (χ4v) is 7.41. The zero-order valence-corrected chi connectivity index (χ0v) is 27.1. The fourth-order valence-electron chi connectivity index (χ4n) is 7.41. The summed E-state index contributed by atoms with van der Waals surface area (Å²) in [5.41, 5.74) is 10.1. The van der Waals surface area contributed by atoms with Crippen molar-refractivity contribution in [3.8, 4) is 39.9 Å². The molecule has 5 nitrogen and oxygen atoms in total. The Bertz CT molecular complexity index is 2770. The third kappa shape index (κ3) is 4.59. The molecule has 0 N–H and O–H groups in total. The van der Waals surface area contributed by atoms with Crippen LogP contribution in [0, 0.1) is 0 Å². The molecule has 6 aromatic carbocycles. The van der Waals surface area contributed by atoms with Gasteiger partial charge in [0.25, 0.3) is 0 Å². The molecule has 50 heavy (non-hydrogen) atoms. The molecule has 0 unspecified atom stereocenters. The first kappa shape index (κ1) is 28.4. The SMILES string of the molecule is C1=CC(c2cccc(-c3nc(-c4ccccc4)nc(-c4cccc5oc6cccc(-n7c8ccccc8c8ccccc87)c6c45)n3)c2)=CCC1. The summed E-state index contributed by atoms with van der Waals surface area (Å²) in [6.45, 7) is 0. The maximum Gasteiger partial charge on any atom is 0.164 e. The van der Waals surface area contributed by atoms with Gasteiger partial charge in [-0.1, -0.05) is 121 Å². The van der Waals surface area contributed by atoms with E-state index in [0.29, 0.717) is 17.5 Å². The largest absolute Gasteiger partial charge is 0.456 e. The van der Waals surface area contributed by atoms with Crippen molar-refractivity contribution in [2.45, 2.75) is 12.8 Å². The van der Waals surface area contributed by atoms with E-state index in [4.69, 9.17) is 19.4 Å². The highest BCUT2D eigenvalue weighted by Gasteiger charge is 2.22. The first-order chi connectivity index (χ1) is 24.8. The van der Waals surface area contributed by atoms with Crippen LogP contribution in [0.25, 0.3) is 89.2 Å². The predicted octanol–water partition coefficient (Wildman–Crippen LogP) is 11.6. The lowest BCUT2D eigenvalue weighted by atomic mass is 9.98. The number of allylic oxidation sites excluding steroid dienone is 4. The van der Waals surface area contributed by atoms with Crippen LogP contribution in [0.4, 0.5) is 0 Å². The van der Waals surface area contributed by atoms with Gasteiger partial charge in [0.1, 0.15) is 11.2 Å². The summed E-state index contributed by atoms with van der Waals surface area (Å²) in [7, 11) is 0. The van der Waals surface area contributed by atoms with Crippen LogP contribution in [0.5, 0.6) is 0 Å². The van der Waals surface area contributed by atoms with E-state index in [0.717, 1.165) is 73.8 Å². The van der Waals surface area contributed by atoms with Gasteiger partial charge in [-0.15, -0.1) is 0 Å². The Hall–Kier alpha value is -6.59. The Morgan fingerprint density at radius 3 is 1.88 bits per heavy atom.